The number of nitrogens with one attached hydrogen (secondary N) is 1. The van der Waals surface area contributed by atoms with Crippen molar-refractivity contribution < 1.29 is 13.9 Å². The molecule has 1 aromatic carbocycles. The maximum atomic E-state index is 12.4. The van der Waals surface area contributed by atoms with Gasteiger partial charge in [0.15, 0.2) is 0 Å². The molecular weight excluding hydrogens is 342 g/mol. The zero-order chi connectivity index (χ0) is 18.6. The van der Waals surface area contributed by atoms with Gasteiger partial charge in [-0.2, -0.15) is 0 Å². The van der Waals surface area contributed by atoms with E-state index in [4.69, 9.17) is 9.15 Å². The van der Waals surface area contributed by atoms with Crippen LogP contribution in [0, 0.1) is 6.92 Å². The topological polar surface area (TPSA) is 67.6 Å². The van der Waals surface area contributed by atoms with Crippen LogP contribution < -0.4 is 10.1 Å². The summed E-state index contributed by atoms with van der Waals surface area (Å²) in [6.07, 6.45) is 7.01. The summed E-state index contributed by atoms with van der Waals surface area (Å²) >= 11 is 0. The van der Waals surface area contributed by atoms with Crippen LogP contribution in [0.2, 0.25) is 0 Å². The van der Waals surface area contributed by atoms with Crippen LogP contribution in [0.4, 0.5) is 4.79 Å². The van der Waals surface area contributed by atoms with Crippen molar-refractivity contribution >= 4 is 17.0 Å². The first-order valence-electron chi connectivity index (χ1n) is 9.25. The Kier molecular flexibility index (Phi) is 4.96. The molecule has 0 saturated carbocycles. The first kappa shape index (κ1) is 17.4. The van der Waals surface area contributed by atoms with E-state index < -0.39 is 0 Å². The van der Waals surface area contributed by atoms with Crippen molar-refractivity contribution in [2.45, 2.75) is 32.4 Å². The van der Waals surface area contributed by atoms with Crippen molar-refractivity contribution in [2.24, 2.45) is 0 Å². The molecule has 1 aliphatic rings. The Bertz CT molecular complexity index is 929. The molecule has 0 spiro atoms. The van der Waals surface area contributed by atoms with Gasteiger partial charge in [0.2, 0.25) is 0 Å². The predicted octanol–water partition coefficient (Wildman–Crippen LogP) is 3.89. The fraction of sp³-hybridized carbons (Fsp3) is 0.333. The molecule has 0 radical (unpaired) electrons. The Morgan fingerprint density at radius 1 is 1.30 bits per heavy atom. The molecule has 27 heavy (non-hydrogen) atoms. The Balaban J connectivity index is 1.26. The van der Waals surface area contributed by atoms with E-state index in [9.17, 15) is 4.79 Å². The number of likely N-dealkylation sites (tertiary alicyclic amines) is 1. The molecule has 6 heteroatoms. The van der Waals surface area contributed by atoms with Gasteiger partial charge in [-0.3, -0.25) is 4.98 Å². The Hall–Kier alpha value is -3.02. The van der Waals surface area contributed by atoms with E-state index in [1.165, 1.54) is 0 Å². The number of hydrogen-bond donors (Lipinski definition) is 1. The number of aryl methyl sites for hydroxylation is 1. The highest BCUT2D eigenvalue weighted by molar-refractivity contribution is 5.78. The van der Waals surface area contributed by atoms with Crippen LogP contribution in [0.15, 0.2) is 53.4 Å². The monoisotopic (exact) mass is 365 g/mol. The number of pyridine rings is 1. The summed E-state index contributed by atoms with van der Waals surface area (Å²) in [7, 11) is 0. The maximum Gasteiger partial charge on any atom is 0.317 e. The minimum absolute atomic E-state index is 0.0342. The number of aromatic nitrogens is 1. The van der Waals surface area contributed by atoms with Gasteiger partial charge in [-0.15, -0.1) is 0 Å². The predicted molar refractivity (Wildman–Crippen MR) is 103 cm³/mol. The molecule has 1 aliphatic heterocycles. The van der Waals surface area contributed by atoms with Gasteiger partial charge in [0.05, 0.1) is 6.26 Å². The molecule has 3 heterocycles. The van der Waals surface area contributed by atoms with Gasteiger partial charge >= 0.3 is 6.03 Å². The number of amides is 2. The van der Waals surface area contributed by atoms with Gasteiger partial charge in [0.1, 0.15) is 17.4 Å². The maximum absolute atomic E-state index is 12.4. The number of furan rings is 1. The number of piperidine rings is 1. The van der Waals surface area contributed by atoms with Crippen molar-refractivity contribution in [1.82, 2.24) is 15.2 Å². The van der Waals surface area contributed by atoms with Crippen LogP contribution in [-0.4, -0.2) is 35.1 Å². The van der Waals surface area contributed by atoms with Crippen LogP contribution >= 0.6 is 0 Å². The lowest BCUT2D eigenvalue weighted by Gasteiger charge is -2.32. The van der Waals surface area contributed by atoms with Crippen molar-refractivity contribution in [3.05, 3.63) is 60.1 Å². The number of urea groups is 1. The van der Waals surface area contributed by atoms with Crippen LogP contribution in [0.1, 0.15) is 24.0 Å². The molecule has 0 unspecified atom stereocenters. The lowest BCUT2D eigenvalue weighted by molar-refractivity contribution is 0.110. The largest absolute Gasteiger partial charge is 0.490 e. The molecule has 0 bridgehead atoms. The first-order valence-corrected chi connectivity index (χ1v) is 9.25. The van der Waals surface area contributed by atoms with Crippen molar-refractivity contribution in [2.75, 3.05) is 13.1 Å². The van der Waals surface area contributed by atoms with E-state index in [1.54, 1.807) is 18.7 Å². The zero-order valence-electron chi connectivity index (χ0n) is 15.4. The number of nitrogens with zero attached hydrogens (tertiary/aromatic N) is 2. The Morgan fingerprint density at radius 2 is 2.15 bits per heavy atom. The smallest absolute Gasteiger partial charge is 0.317 e. The van der Waals surface area contributed by atoms with E-state index in [-0.39, 0.29) is 12.1 Å². The average molecular weight is 365 g/mol. The van der Waals surface area contributed by atoms with E-state index >= 15 is 0 Å². The number of benzene rings is 1. The molecule has 6 nitrogen and oxygen atoms in total. The van der Waals surface area contributed by atoms with E-state index in [2.05, 4.69) is 10.3 Å². The SMILES string of the molecule is Cc1cnccc1OC1CCN(C(=O)NCc2ccc3ccoc3c2)CC1. The van der Waals surface area contributed by atoms with Crippen molar-refractivity contribution in [3.63, 3.8) is 0 Å². The van der Waals surface area contributed by atoms with Gasteiger partial charge < -0.3 is 19.4 Å². The van der Waals surface area contributed by atoms with Crippen molar-refractivity contribution in [1.29, 1.82) is 0 Å². The standard InChI is InChI=1S/C21H23N3O3/c1-15-13-22-8-4-19(15)27-18-5-9-24(10-6-18)21(25)23-14-16-2-3-17-7-11-26-20(17)12-16/h2-4,7-8,11-13,18H,5-6,9-10,14H2,1H3,(H,23,25). The summed E-state index contributed by atoms with van der Waals surface area (Å²) in [5.74, 6) is 0.876. The van der Waals surface area contributed by atoms with Gasteiger partial charge in [0.25, 0.3) is 0 Å². The van der Waals surface area contributed by atoms with Gasteiger partial charge in [0, 0.05) is 55.8 Å². The van der Waals surface area contributed by atoms with Crippen LogP contribution in [0.25, 0.3) is 11.0 Å². The average Bonchev–Trinajstić information content (AvgIpc) is 3.16. The quantitative estimate of drug-likeness (QED) is 0.762. The van der Waals surface area contributed by atoms with E-state index in [0.29, 0.717) is 19.6 Å². The van der Waals surface area contributed by atoms with Crippen molar-refractivity contribution in [3.8, 4) is 5.75 Å². The zero-order valence-corrected chi connectivity index (χ0v) is 15.4. The lowest BCUT2D eigenvalue weighted by atomic mass is 10.1. The molecule has 1 fully saturated rings. The highest BCUT2D eigenvalue weighted by Gasteiger charge is 2.24. The van der Waals surface area contributed by atoms with E-state index in [1.807, 2.05) is 42.2 Å². The molecule has 1 N–H and O–H groups in total. The molecule has 0 aliphatic carbocycles. The molecule has 4 rings (SSSR count). The summed E-state index contributed by atoms with van der Waals surface area (Å²) in [4.78, 5) is 18.4. The summed E-state index contributed by atoms with van der Waals surface area (Å²) in [6, 6.07) is 9.77. The fourth-order valence-electron chi connectivity index (χ4n) is 3.35. The minimum Gasteiger partial charge on any atom is -0.490 e. The Morgan fingerprint density at radius 3 is 2.96 bits per heavy atom. The third-order valence-corrected chi connectivity index (χ3v) is 4.96. The second-order valence-corrected chi connectivity index (χ2v) is 6.90. The highest BCUT2D eigenvalue weighted by atomic mass is 16.5. The van der Waals surface area contributed by atoms with Gasteiger partial charge in [-0.25, -0.2) is 4.79 Å². The summed E-state index contributed by atoms with van der Waals surface area (Å²) < 4.78 is 11.5. The molecule has 1 saturated heterocycles. The number of carbonyl (C=O) groups is 1. The number of hydrogen-bond acceptors (Lipinski definition) is 4. The molecule has 2 aromatic heterocycles. The molecule has 140 valence electrons. The number of carbonyl (C=O) groups excluding carboxylic acids is 1. The lowest BCUT2D eigenvalue weighted by Crippen LogP contribution is -2.46. The van der Waals surface area contributed by atoms with Gasteiger partial charge in [-0.1, -0.05) is 12.1 Å². The van der Waals surface area contributed by atoms with Gasteiger partial charge in [-0.05, 0) is 30.7 Å². The second-order valence-electron chi connectivity index (χ2n) is 6.90. The highest BCUT2D eigenvalue weighted by Crippen LogP contribution is 2.22. The number of fused-ring (bicyclic) bond motifs is 1. The summed E-state index contributed by atoms with van der Waals surface area (Å²) in [6.45, 7) is 3.86. The summed E-state index contributed by atoms with van der Waals surface area (Å²) in [5, 5.41) is 4.06. The third kappa shape index (κ3) is 4.05. The minimum atomic E-state index is -0.0342. The molecule has 3 aromatic rings. The molecule has 0 atom stereocenters. The van der Waals surface area contributed by atoms with Crippen LogP contribution in [-0.2, 0) is 6.54 Å². The first-order chi connectivity index (χ1) is 13.2. The molecular formula is C21H23N3O3. The number of rotatable bonds is 4. The fourth-order valence-corrected chi connectivity index (χ4v) is 3.35. The molecule has 2 amide bonds. The Labute approximate surface area is 158 Å². The normalized spacial score (nSPS) is 15.1. The third-order valence-electron chi connectivity index (χ3n) is 4.96. The van der Waals surface area contributed by atoms with E-state index in [0.717, 1.165) is 40.7 Å². The van der Waals surface area contributed by atoms with Crippen LogP contribution in [0.5, 0.6) is 5.75 Å². The summed E-state index contributed by atoms with van der Waals surface area (Å²) in [5.41, 5.74) is 2.90. The van der Waals surface area contributed by atoms with Crippen LogP contribution in [0.3, 0.4) is 0 Å². The second kappa shape index (κ2) is 7.70. The number of ether oxygens (including phenoxy) is 1.